The molecule has 0 unspecified atom stereocenters. The van der Waals surface area contributed by atoms with Crippen molar-refractivity contribution in [2.24, 2.45) is 0 Å². The maximum absolute atomic E-state index is 11.9. The summed E-state index contributed by atoms with van der Waals surface area (Å²) in [7, 11) is -3.96. The number of sulfonamides is 1. The van der Waals surface area contributed by atoms with E-state index in [4.69, 9.17) is 11.6 Å². The van der Waals surface area contributed by atoms with Gasteiger partial charge in [0.1, 0.15) is 0 Å². The number of benzene rings is 1. The van der Waals surface area contributed by atoms with Crippen LogP contribution in [0.4, 0.5) is 5.69 Å². The highest BCUT2D eigenvalue weighted by molar-refractivity contribution is 7.89. The lowest BCUT2D eigenvalue weighted by Crippen LogP contribution is -2.25. The van der Waals surface area contributed by atoms with E-state index in [1.54, 1.807) is 6.92 Å². The fourth-order valence-corrected chi connectivity index (χ4v) is 2.57. The lowest BCUT2D eigenvalue weighted by molar-refractivity contribution is -0.387. The SMILES string of the molecule is C=C(C)CNS(=O)(=O)c1ccc(Cl)cc1[N+](=O)[O-]. The van der Waals surface area contributed by atoms with Crippen LogP contribution < -0.4 is 4.72 Å². The molecular formula is C10H11ClN2O4S. The number of hydrogen-bond donors (Lipinski definition) is 1. The molecule has 0 aliphatic carbocycles. The number of rotatable bonds is 5. The topological polar surface area (TPSA) is 89.3 Å². The Bertz CT molecular complexity index is 598. The molecule has 0 atom stereocenters. The van der Waals surface area contributed by atoms with Crippen molar-refractivity contribution in [2.75, 3.05) is 6.54 Å². The fraction of sp³-hybridized carbons (Fsp3) is 0.200. The molecule has 18 heavy (non-hydrogen) atoms. The van der Waals surface area contributed by atoms with Gasteiger partial charge in [0.05, 0.1) is 4.92 Å². The quantitative estimate of drug-likeness (QED) is 0.511. The molecule has 1 aromatic rings. The van der Waals surface area contributed by atoms with Crippen LogP contribution in [0, 0.1) is 10.1 Å². The molecule has 0 aromatic heterocycles. The van der Waals surface area contributed by atoms with Crippen LogP contribution in [-0.2, 0) is 10.0 Å². The van der Waals surface area contributed by atoms with Crippen molar-refractivity contribution in [3.05, 3.63) is 45.5 Å². The fourth-order valence-electron chi connectivity index (χ4n) is 1.16. The number of nitrogens with zero attached hydrogens (tertiary/aromatic N) is 1. The number of nitro benzene ring substituents is 1. The average Bonchev–Trinajstić information content (AvgIpc) is 2.26. The Morgan fingerprint density at radius 1 is 1.56 bits per heavy atom. The maximum Gasteiger partial charge on any atom is 0.290 e. The molecular weight excluding hydrogens is 280 g/mol. The molecule has 0 amide bonds. The third kappa shape index (κ3) is 3.52. The van der Waals surface area contributed by atoms with Gasteiger partial charge in [0.15, 0.2) is 4.90 Å². The molecule has 0 saturated heterocycles. The Morgan fingerprint density at radius 2 is 2.17 bits per heavy atom. The van der Waals surface area contributed by atoms with Gasteiger partial charge in [-0.05, 0) is 19.1 Å². The molecule has 6 nitrogen and oxygen atoms in total. The van der Waals surface area contributed by atoms with E-state index < -0.39 is 25.5 Å². The number of nitro groups is 1. The van der Waals surface area contributed by atoms with Crippen molar-refractivity contribution in [3.63, 3.8) is 0 Å². The zero-order valence-corrected chi connectivity index (χ0v) is 11.1. The monoisotopic (exact) mass is 290 g/mol. The minimum absolute atomic E-state index is 0.0160. The number of hydrogen-bond acceptors (Lipinski definition) is 4. The zero-order chi connectivity index (χ0) is 13.9. The highest BCUT2D eigenvalue weighted by Crippen LogP contribution is 2.26. The largest absolute Gasteiger partial charge is 0.290 e. The van der Waals surface area contributed by atoms with Gasteiger partial charge >= 0.3 is 0 Å². The Balaban J connectivity index is 3.24. The molecule has 1 rings (SSSR count). The summed E-state index contributed by atoms with van der Waals surface area (Å²) in [6.07, 6.45) is 0. The lowest BCUT2D eigenvalue weighted by Gasteiger charge is -2.07. The van der Waals surface area contributed by atoms with Crippen LogP contribution >= 0.6 is 11.6 Å². The second-order valence-electron chi connectivity index (χ2n) is 3.65. The van der Waals surface area contributed by atoms with Crippen LogP contribution in [0.15, 0.2) is 35.2 Å². The molecule has 0 fully saturated rings. The molecule has 0 aliphatic rings. The summed E-state index contributed by atoms with van der Waals surface area (Å²) in [5.41, 5.74) is 0.0342. The van der Waals surface area contributed by atoms with Gasteiger partial charge in [-0.2, -0.15) is 0 Å². The average molecular weight is 291 g/mol. The lowest BCUT2D eigenvalue weighted by atomic mass is 10.3. The molecule has 0 heterocycles. The van der Waals surface area contributed by atoms with E-state index in [2.05, 4.69) is 11.3 Å². The zero-order valence-electron chi connectivity index (χ0n) is 9.51. The second-order valence-corrected chi connectivity index (χ2v) is 5.82. The van der Waals surface area contributed by atoms with Crippen LogP contribution in [0.25, 0.3) is 0 Å². The van der Waals surface area contributed by atoms with Crippen LogP contribution in [-0.4, -0.2) is 19.9 Å². The predicted molar refractivity (Wildman–Crippen MR) is 68.1 cm³/mol. The molecule has 0 aliphatic heterocycles. The summed E-state index contributed by atoms with van der Waals surface area (Å²) in [5.74, 6) is 0. The normalized spacial score (nSPS) is 11.2. The van der Waals surface area contributed by atoms with Gasteiger partial charge in [0, 0.05) is 17.6 Å². The van der Waals surface area contributed by atoms with Gasteiger partial charge in [0.2, 0.25) is 10.0 Å². The minimum Gasteiger partial charge on any atom is -0.258 e. The molecule has 98 valence electrons. The Morgan fingerprint density at radius 3 is 2.67 bits per heavy atom. The first-order valence-corrected chi connectivity index (χ1v) is 6.68. The van der Waals surface area contributed by atoms with Gasteiger partial charge in [0.25, 0.3) is 5.69 Å². The molecule has 0 bridgehead atoms. The third-order valence-corrected chi connectivity index (χ3v) is 3.65. The van der Waals surface area contributed by atoms with E-state index in [0.717, 1.165) is 12.1 Å². The van der Waals surface area contributed by atoms with Crippen molar-refractivity contribution >= 4 is 27.3 Å². The van der Waals surface area contributed by atoms with Gasteiger partial charge in [-0.15, -0.1) is 0 Å². The first kappa shape index (κ1) is 14.6. The van der Waals surface area contributed by atoms with E-state index in [1.807, 2.05) is 0 Å². The van der Waals surface area contributed by atoms with Crippen LogP contribution in [0.5, 0.6) is 0 Å². The van der Waals surface area contributed by atoms with Crippen LogP contribution in [0.1, 0.15) is 6.92 Å². The highest BCUT2D eigenvalue weighted by Gasteiger charge is 2.25. The van der Waals surface area contributed by atoms with Crippen molar-refractivity contribution < 1.29 is 13.3 Å². The van der Waals surface area contributed by atoms with Gasteiger partial charge < -0.3 is 0 Å². The smallest absolute Gasteiger partial charge is 0.258 e. The van der Waals surface area contributed by atoms with E-state index in [0.29, 0.717) is 5.57 Å². The van der Waals surface area contributed by atoms with E-state index >= 15 is 0 Å². The molecule has 1 aromatic carbocycles. The van der Waals surface area contributed by atoms with Crippen molar-refractivity contribution in [1.82, 2.24) is 4.72 Å². The Hall–Kier alpha value is -1.44. The molecule has 1 N–H and O–H groups in total. The molecule has 8 heteroatoms. The van der Waals surface area contributed by atoms with Crippen molar-refractivity contribution in [2.45, 2.75) is 11.8 Å². The van der Waals surface area contributed by atoms with E-state index in [1.165, 1.54) is 6.07 Å². The Labute approximate surface area is 109 Å². The van der Waals surface area contributed by atoms with E-state index in [-0.39, 0.29) is 11.6 Å². The summed E-state index contributed by atoms with van der Waals surface area (Å²) in [5, 5.41) is 10.9. The van der Waals surface area contributed by atoms with Crippen LogP contribution in [0.3, 0.4) is 0 Å². The predicted octanol–water partition coefficient (Wildman–Crippen LogP) is 2.10. The van der Waals surface area contributed by atoms with Crippen molar-refractivity contribution in [3.8, 4) is 0 Å². The first-order chi connectivity index (χ1) is 8.24. The summed E-state index contributed by atoms with van der Waals surface area (Å²) in [6, 6.07) is 3.38. The number of halogens is 1. The maximum atomic E-state index is 11.9. The molecule has 0 radical (unpaired) electrons. The standard InChI is InChI=1S/C10H11ClN2O4S/c1-7(2)6-12-18(16,17)10-4-3-8(11)5-9(10)13(14)15/h3-5,12H,1,6H2,2H3. The molecule has 0 saturated carbocycles. The highest BCUT2D eigenvalue weighted by atomic mass is 35.5. The summed E-state index contributed by atoms with van der Waals surface area (Å²) in [6.45, 7) is 5.20. The summed E-state index contributed by atoms with van der Waals surface area (Å²) >= 11 is 5.60. The third-order valence-electron chi connectivity index (χ3n) is 1.97. The minimum atomic E-state index is -3.96. The van der Waals surface area contributed by atoms with E-state index in [9.17, 15) is 18.5 Å². The van der Waals surface area contributed by atoms with Gasteiger partial charge in [-0.25, -0.2) is 13.1 Å². The van der Waals surface area contributed by atoms with Crippen LogP contribution in [0.2, 0.25) is 5.02 Å². The van der Waals surface area contributed by atoms with Gasteiger partial charge in [-0.1, -0.05) is 23.8 Å². The summed E-state index contributed by atoms with van der Waals surface area (Å²) in [4.78, 5) is 9.59. The number of nitrogens with one attached hydrogen (secondary N) is 1. The molecule has 0 spiro atoms. The van der Waals surface area contributed by atoms with Crippen molar-refractivity contribution in [1.29, 1.82) is 0 Å². The summed E-state index contributed by atoms with van der Waals surface area (Å²) < 4.78 is 26.0. The first-order valence-electron chi connectivity index (χ1n) is 4.82. The second kappa shape index (κ2) is 5.47. The van der Waals surface area contributed by atoms with Gasteiger partial charge in [-0.3, -0.25) is 10.1 Å². The Kier molecular flexibility index (Phi) is 4.44.